The predicted molar refractivity (Wildman–Crippen MR) is 108 cm³/mol. The molecular weight excluding hydrogens is 360 g/mol. The number of rotatable bonds is 7. The first-order chi connectivity index (χ1) is 13.2. The number of ether oxygens (including phenoxy) is 2. The van der Waals surface area contributed by atoms with Crippen LogP contribution in [0.3, 0.4) is 0 Å². The number of nitrogens with zero attached hydrogens (tertiary/aromatic N) is 1. The number of hydrogen-bond acceptors (Lipinski definition) is 5. The highest BCUT2D eigenvalue weighted by Crippen LogP contribution is 2.26. The Kier molecular flexibility index (Phi) is 6.22. The first-order valence-corrected chi connectivity index (χ1v) is 9.24. The molecule has 3 aromatic rings. The van der Waals surface area contributed by atoms with Crippen LogP contribution in [-0.2, 0) is 11.3 Å². The molecular formula is C21H20N2O3S. The zero-order chi connectivity index (χ0) is 19.1. The van der Waals surface area contributed by atoms with Crippen LogP contribution in [0.1, 0.15) is 11.3 Å². The standard InChI is InChI=1S/C21H20N2O3S/c1-25-18-8-3-15(4-9-18)13-22-20(24)12-7-17-14-27-21(23-17)16-5-10-19(26-2)11-6-16/h3-12,14H,13H2,1-2H3,(H,22,24). The number of amides is 1. The SMILES string of the molecule is COc1ccc(CNC(=O)C=Cc2csc(-c3ccc(OC)cc3)n2)cc1. The Hall–Kier alpha value is -3.12. The summed E-state index contributed by atoms with van der Waals surface area (Å²) in [5, 5.41) is 5.68. The van der Waals surface area contributed by atoms with Crippen molar-refractivity contribution in [3.8, 4) is 22.1 Å². The van der Waals surface area contributed by atoms with Gasteiger partial charge in [-0.2, -0.15) is 0 Å². The van der Waals surface area contributed by atoms with E-state index in [9.17, 15) is 4.79 Å². The number of aromatic nitrogens is 1. The van der Waals surface area contributed by atoms with E-state index in [0.29, 0.717) is 6.54 Å². The molecule has 5 nitrogen and oxygen atoms in total. The van der Waals surface area contributed by atoms with E-state index >= 15 is 0 Å². The summed E-state index contributed by atoms with van der Waals surface area (Å²) < 4.78 is 10.3. The summed E-state index contributed by atoms with van der Waals surface area (Å²) >= 11 is 1.53. The number of methoxy groups -OCH3 is 2. The molecule has 0 saturated heterocycles. The molecule has 0 spiro atoms. The van der Waals surface area contributed by atoms with Gasteiger partial charge in [0.25, 0.3) is 0 Å². The Labute approximate surface area is 162 Å². The number of hydrogen-bond donors (Lipinski definition) is 1. The van der Waals surface area contributed by atoms with Gasteiger partial charge in [-0.15, -0.1) is 11.3 Å². The van der Waals surface area contributed by atoms with Gasteiger partial charge < -0.3 is 14.8 Å². The number of thiazole rings is 1. The van der Waals surface area contributed by atoms with Gasteiger partial charge in [0.2, 0.25) is 5.91 Å². The van der Waals surface area contributed by atoms with Crippen molar-refractivity contribution in [2.24, 2.45) is 0 Å². The lowest BCUT2D eigenvalue weighted by Gasteiger charge is -2.04. The molecule has 0 bridgehead atoms. The maximum atomic E-state index is 12.0. The fourth-order valence-electron chi connectivity index (χ4n) is 2.38. The van der Waals surface area contributed by atoms with Crippen LogP contribution in [-0.4, -0.2) is 25.1 Å². The largest absolute Gasteiger partial charge is 0.497 e. The molecule has 1 aromatic heterocycles. The highest BCUT2D eigenvalue weighted by Gasteiger charge is 2.04. The lowest BCUT2D eigenvalue weighted by molar-refractivity contribution is -0.116. The molecule has 27 heavy (non-hydrogen) atoms. The molecule has 138 valence electrons. The van der Waals surface area contributed by atoms with Crippen LogP contribution in [0.5, 0.6) is 11.5 Å². The van der Waals surface area contributed by atoms with Crippen LogP contribution < -0.4 is 14.8 Å². The van der Waals surface area contributed by atoms with Crippen molar-refractivity contribution < 1.29 is 14.3 Å². The minimum absolute atomic E-state index is 0.162. The van der Waals surface area contributed by atoms with Gasteiger partial charge in [-0.05, 0) is 48.0 Å². The molecule has 0 unspecified atom stereocenters. The van der Waals surface area contributed by atoms with E-state index in [0.717, 1.165) is 33.3 Å². The molecule has 1 heterocycles. The van der Waals surface area contributed by atoms with Gasteiger partial charge in [-0.3, -0.25) is 4.79 Å². The maximum absolute atomic E-state index is 12.0. The Balaban J connectivity index is 1.55. The van der Waals surface area contributed by atoms with E-state index < -0.39 is 0 Å². The molecule has 0 saturated carbocycles. The molecule has 6 heteroatoms. The lowest BCUT2D eigenvalue weighted by atomic mass is 10.2. The third-order valence-electron chi connectivity index (χ3n) is 3.89. The fraction of sp³-hybridized carbons (Fsp3) is 0.143. The van der Waals surface area contributed by atoms with Gasteiger partial charge in [-0.1, -0.05) is 12.1 Å². The van der Waals surface area contributed by atoms with Crippen molar-refractivity contribution >= 4 is 23.3 Å². The van der Waals surface area contributed by atoms with Crippen molar-refractivity contribution in [2.75, 3.05) is 14.2 Å². The van der Waals surface area contributed by atoms with Crippen LogP contribution >= 0.6 is 11.3 Å². The third kappa shape index (κ3) is 5.18. The summed E-state index contributed by atoms with van der Waals surface area (Å²) in [6, 6.07) is 15.3. The second-order valence-electron chi connectivity index (χ2n) is 5.71. The average molecular weight is 380 g/mol. The number of benzene rings is 2. The van der Waals surface area contributed by atoms with E-state index in [1.54, 1.807) is 20.3 Å². The minimum atomic E-state index is -0.162. The molecule has 0 aliphatic rings. The lowest BCUT2D eigenvalue weighted by Crippen LogP contribution is -2.20. The molecule has 3 rings (SSSR count). The van der Waals surface area contributed by atoms with Gasteiger partial charge in [-0.25, -0.2) is 4.98 Å². The van der Waals surface area contributed by atoms with Gasteiger partial charge >= 0.3 is 0 Å². The van der Waals surface area contributed by atoms with Crippen LogP contribution in [0.25, 0.3) is 16.6 Å². The van der Waals surface area contributed by atoms with Crippen LogP contribution in [0, 0.1) is 0 Å². The zero-order valence-electron chi connectivity index (χ0n) is 15.1. The molecule has 0 aliphatic carbocycles. The summed E-state index contributed by atoms with van der Waals surface area (Å²) in [5.74, 6) is 1.44. The fourth-order valence-corrected chi connectivity index (χ4v) is 3.18. The van der Waals surface area contributed by atoms with Gasteiger partial charge in [0.1, 0.15) is 16.5 Å². The summed E-state index contributed by atoms with van der Waals surface area (Å²) in [6.45, 7) is 0.460. The third-order valence-corrected chi connectivity index (χ3v) is 4.80. The molecule has 0 aliphatic heterocycles. The van der Waals surface area contributed by atoms with Crippen molar-refractivity contribution in [3.05, 3.63) is 71.2 Å². The molecule has 0 fully saturated rings. The minimum Gasteiger partial charge on any atom is -0.497 e. The normalized spacial score (nSPS) is 10.7. The molecule has 1 amide bonds. The number of carbonyl (C=O) groups excluding carboxylic acids is 1. The highest BCUT2D eigenvalue weighted by atomic mass is 32.1. The van der Waals surface area contributed by atoms with E-state index in [4.69, 9.17) is 9.47 Å². The molecule has 0 atom stereocenters. The second kappa shape index (κ2) is 9.00. The number of carbonyl (C=O) groups is 1. The predicted octanol–water partition coefficient (Wildman–Crippen LogP) is 4.16. The van der Waals surface area contributed by atoms with E-state index in [1.165, 1.54) is 17.4 Å². The average Bonchev–Trinajstić information content (AvgIpc) is 3.20. The quantitative estimate of drug-likeness (QED) is 0.626. The Morgan fingerprint density at radius 3 is 2.30 bits per heavy atom. The maximum Gasteiger partial charge on any atom is 0.244 e. The van der Waals surface area contributed by atoms with Crippen LogP contribution in [0.15, 0.2) is 60.0 Å². The molecule has 0 radical (unpaired) electrons. The summed E-state index contributed by atoms with van der Waals surface area (Å²) in [6.07, 6.45) is 3.21. The van der Waals surface area contributed by atoms with E-state index in [-0.39, 0.29) is 5.91 Å². The Morgan fingerprint density at radius 1 is 1.04 bits per heavy atom. The number of nitrogens with one attached hydrogen (secondary N) is 1. The summed E-state index contributed by atoms with van der Waals surface area (Å²) in [7, 11) is 3.26. The van der Waals surface area contributed by atoms with Crippen molar-refractivity contribution in [2.45, 2.75) is 6.54 Å². The molecule has 2 aromatic carbocycles. The van der Waals surface area contributed by atoms with Crippen molar-refractivity contribution in [3.63, 3.8) is 0 Å². The second-order valence-corrected chi connectivity index (χ2v) is 6.56. The Morgan fingerprint density at radius 2 is 1.67 bits per heavy atom. The van der Waals surface area contributed by atoms with Crippen molar-refractivity contribution in [1.82, 2.24) is 10.3 Å². The van der Waals surface area contributed by atoms with Gasteiger partial charge in [0, 0.05) is 23.6 Å². The first-order valence-electron chi connectivity index (χ1n) is 8.37. The zero-order valence-corrected chi connectivity index (χ0v) is 16.0. The first kappa shape index (κ1) is 18.7. The van der Waals surface area contributed by atoms with E-state index in [1.807, 2.05) is 53.9 Å². The summed E-state index contributed by atoms with van der Waals surface area (Å²) in [4.78, 5) is 16.5. The topological polar surface area (TPSA) is 60.5 Å². The van der Waals surface area contributed by atoms with Crippen LogP contribution in [0.4, 0.5) is 0 Å². The van der Waals surface area contributed by atoms with E-state index in [2.05, 4.69) is 10.3 Å². The Bertz CT molecular complexity index is 915. The van der Waals surface area contributed by atoms with Crippen molar-refractivity contribution in [1.29, 1.82) is 0 Å². The van der Waals surface area contributed by atoms with Gasteiger partial charge in [0.05, 0.1) is 19.9 Å². The monoisotopic (exact) mass is 380 g/mol. The summed E-state index contributed by atoms with van der Waals surface area (Å²) in [5.41, 5.74) is 2.78. The van der Waals surface area contributed by atoms with Gasteiger partial charge in [0.15, 0.2) is 0 Å². The van der Waals surface area contributed by atoms with Crippen LogP contribution in [0.2, 0.25) is 0 Å². The molecule has 1 N–H and O–H groups in total. The highest BCUT2D eigenvalue weighted by molar-refractivity contribution is 7.13. The smallest absolute Gasteiger partial charge is 0.244 e.